The summed E-state index contributed by atoms with van der Waals surface area (Å²) < 4.78 is 29.8. The number of hydrogen-bond donors (Lipinski definition) is 1. The number of carboxylic acids is 1. The Morgan fingerprint density at radius 2 is 1.81 bits per heavy atom. The molecule has 0 amide bonds. The molecule has 0 spiro atoms. The molecule has 156 valence electrons. The van der Waals surface area contributed by atoms with Crippen molar-refractivity contribution >= 4 is 17.0 Å². The number of hydrogen-bond acceptors (Lipinski definition) is 3. The Balaban J connectivity index is 1.67. The van der Waals surface area contributed by atoms with Gasteiger partial charge < -0.3 is 5.11 Å². The standard InChI is InChI=1S/C24H19F2N3O2/c25-16-6-8-17(9-7-16)29-13-21-23(28-29)22(20(26)12-27-21)15-5-10-18(24(30)31)19(11-15)14-3-1-2-4-14/h5-14H,1-4H2,(H,30,31). The van der Waals surface area contributed by atoms with E-state index in [0.29, 0.717) is 22.3 Å². The number of fused-ring (bicyclic) bond motifs is 1. The molecular weight excluding hydrogens is 400 g/mol. The van der Waals surface area contributed by atoms with Crippen molar-refractivity contribution in [1.29, 1.82) is 0 Å². The SMILES string of the molecule is O=C(O)c1ccc(-c2c(F)cnc3cn(-c4ccc(F)cc4)nc23)cc1C1CCCC1. The van der Waals surface area contributed by atoms with Gasteiger partial charge in [0.25, 0.3) is 0 Å². The number of aromatic nitrogens is 3. The average Bonchev–Trinajstić information content (AvgIpc) is 3.44. The highest BCUT2D eigenvalue weighted by Gasteiger charge is 2.24. The molecule has 5 rings (SSSR count). The van der Waals surface area contributed by atoms with Crippen LogP contribution in [-0.4, -0.2) is 25.8 Å². The fraction of sp³-hybridized carbons (Fsp3) is 0.208. The molecule has 1 N–H and O–H groups in total. The Bertz CT molecular complexity index is 1290. The summed E-state index contributed by atoms with van der Waals surface area (Å²) >= 11 is 0. The number of carbonyl (C=O) groups is 1. The molecule has 2 heterocycles. The van der Waals surface area contributed by atoms with Crippen LogP contribution < -0.4 is 0 Å². The highest BCUT2D eigenvalue weighted by molar-refractivity contribution is 5.94. The molecule has 0 aliphatic heterocycles. The fourth-order valence-corrected chi connectivity index (χ4v) is 4.43. The van der Waals surface area contributed by atoms with Crippen LogP contribution in [0.4, 0.5) is 8.78 Å². The lowest BCUT2D eigenvalue weighted by Gasteiger charge is -2.15. The molecular formula is C24H19F2N3O2. The summed E-state index contributed by atoms with van der Waals surface area (Å²) in [6, 6.07) is 10.8. The first-order valence-electron chi connectivity index (χ1n) is 10.2. The maximum Gasteiger partial charge on any atom is 0.335 e. The number of pyridine rings is 1. The minimum atomic E-state index is -0.977. The van der Waals surface area contributed by atoms with E-state index in [0.717, 1.165) is 37.4 Å². The van der Waals surface area contributed by atoms with Crippen LogP contribution in [0.1, 0.15) is 47.5 Å². The first-order chi connectivity index (χ1) is 15.0. The average molecular weight is 419 g/mol. The van der Waals surface area contributed by atoms with Gasteiger partial charge in [-0.1, -0.05) is 18.9 Å². The van der Waals surface area contributed by atoms with E-state index < -0.39 is 11.8 Å². The van der Waals surface area contributed by atoms with Gasteiger partial charge in [-0.15, -0.1) is 0 Å². The lowest BCUT2D eigenvalue weighted by molar-refractivity contribution is 0.0695. The number of benzene rings is 2. The van der Waals surface area contributed by atoms with E-state index in [4.69, 9.17) is 0 Å². The minimum Gasteiger partial charge on any atom is -0.478 e. The van der Waals surface area contributed by atoms with Crippen LogP contribution in [0.5, 0.6) is 0 Å². The summed E-state index contributed by atoms with van der Waals surface area (Å²) in [5.74, 6) is -1.71. The van der Waals surface area contributed by atoms with Crippen molar-refractivity contribution in [2.45, 2.75) is 31.6 Å². The van der Waals surface area contributed by atoms with E-state index >= 15 is 0 Å². The predicted octanol–water partition coefficient (Wildman–Crippen LogP) is 5.72. The quantitative estimate of drug-likeness (QED) is 0.459. The zero-order valence-electron chi connectivity index (χ0n) is 16.6. The van der Waals surface area contributed by atoms with Crippen LogP contribution in [0, 0.1) is 11.6 Å². The van der Waals surface area contributed by atoms with Gasteiger partial charge >= 0.3 is 5.97 Å². The third-order valence-electron chi connectivity index (χ3n) is 5.94. The summed E-state index contributed by atoms with van der Waals surface area (Å²) in [5.41, 5.74) is 3.33. The number of halogens is 2. The second-order valence-corrected chi connectivity index (χ2v) is 7.85. The van der Waals surface area contributed by atoms with E-state index in [-0.39, 0.29) is 22.9 Å². The second-order valence-electron chi connectivity index (χ2n) is 7.85. The van der Waals surface area contributed by atoms with Crippen molar-refractivity contribution in [1.82, 2.24) is 14.8 Å². The van der Waals surface area contributed by atoms with Gasteiger partial charge in [0.2, 0.25) is 0 Å². The molecule has 0 radical (unpaired) electrons. The molecule has 7 heteroatoms. The maximum atomic E-state index is 15.0. The Kier molecular flexibility index (Phi) is 4.73. The lowest BCUT2D eigenvalue weighted by atomic mass is 9.89. The summed E-state index contributed by atoms with van der Waals surface area (Å²) in [6.45, 7) is 0. The van der Waals surface area contributed by atoms with Gasteiger partial charge in [-0.3, -0.25) is 0 Å². The normalized spacial score (nSPS) is 14.4. The first-order valence-corrected chi connectivity index (χ1v) is 10.2. The molecule has 0 bridgehead atoms. The van der Waals surface area contributed by atoms with Gasteiger partial charge in [-0.05, 0) is 66.3 Å². The largest absolute Gasteiger partial charge is 0.478 e. The van der Waals surface area contributed by atoms with Crippen LogP contribution in [0.25, 0.3) is 27.8 Å². The Morgan fingerprint density at radius 1 is 1.06 bits per heavy atom. The van der Waals surface area contributed by atoms with Gasteiger partial charge in [0.05, 0.1) is 23.6 Å². The van der Waals surface area contributed by atoms with Crippen molar-refractivity contribution in [3.05, 3.63) is 77.6 Å². The van der Waals surface area contributed by atoms with Crippen LogP contribution in [0.3, 0.4) is 0 Å². The molecule has 0 atom stereocenters. The van der Waals surface area contributed by atoms with Crippen LogP contribution in [0.15, 0.2) is 54.9 Å². The van der Waals surface area contributed by atoms with E-state index in [2.05, 4.69) is 10.1 Å². The van der Waals surface area contributed by atoms with Crippen molar-refractivity contribution in [3.8, 4) is 16.8 Å². The number of rotatable bonds is 4. The van der Waals surface area contributed by atoms with Crippen LogP contribution in [0.2, 0.25) is 0 Å². The predicted molar refractivity (Wildman–Crippen MR) is 112 cm³/mol. The molecule has 31 heavy (non-hydrogen) atoms. The van der Waals surface area contributed by atoms with Gasteiger partial charge in [0, 0.05) is 5.56 Å². The van der Waals surface area contributed by atoms with Gasteiger partial charge in [0.15, 0.2) is 5.82 Å². The first kappa shape index (κ1) is 19.4. The molecule has 1 aliphatic carbocycles. The van der Waals surface area contributed by atoms with E-state index in [9.17, 15) is 18.7 Å². The monoisotopic (exact) mass is 419 g/mol. The molecule has 2 aromatic heterocycles. The zero-order valence-corrected chi connectivity index (χ0v) is 16.6. The molecule has 1 saturated carbocycles. The highest BCUT2D eigenvalue weighted by Crippen LogP contribution is 2.39. The van der Waals surface area contributed by atoms with Crippen molar-refractivity contribution in [2.75, 3.05) is 0 Å². The molecule has 2 aromatic carbocycles. The van der Waals surface area contributed by atoms with Crippen molar-refractivity contribution in [3.63, 3.8) is 0 Å². The smallest absolute Gasteiger partial charge is 0.335 e. The molecule has 1 fully saturated rings. The van der Waals surface area contributed by atoms with E-state index in [1.807, 2.05) is 0 Å². The maximum absolute atomic E-state index is 15.0. The van der Waals surface area contributed by atoms with E-state index in [1.54, 1.807) is 36.5 Å². The fourth-order valence-electron chi connectivity index (χ4n) is 4.43. The number of nitrogens with zero attached hydrogens (tertiary/aromatic N) is 3. The summed E-state index contributed by atoms with van der Waals surface area (Å²) in [4.78, 5) is 15.9. The summed E-state index contributed by atoms with van der Waals surface area (Å²) in [7, 11) is 0. The van der Waals surface area contributed by atoms with Gasteiger partial charge in [0.1, 0.15) is 16.9 Å². The summed E-state index contributed by atoms with van der Waals surface area (Å²) in [5, 5.41) is 14.1. The third-order valence-corrected chi connectivity index (χ3v) is 5.94. The Labute approximate surface area is 177 Å². The second kappa shape index (κ2) is 7.58. The Hall–Kier alpha value is -3.61. The highest BCUT2D eigenvalue weighted by atomic mass is 19.1. The molecule has 0 unspecified atom stereocenters. The summed E-state index contributed by atoms with van der Waals surface area (Å²) in [6.07, 6.45) is 6.78. The van der Waals surface area contributed by atoms with Gasteiger partial charge in [-0.25, -0.2) is 23.2 Å². The lowest BCUT2D eigenvalue weighted by Crippen LogP contribution is -2.06. The van der Waals surface area contributed by atoms with Gasteiger partial charge in [-0.2, -0.15) is 5.10 Å². The minimum absolute atomic E-state index is 0.156. The molecule has 0 saturated heterocycles. The van der Waals surface area contributed by atoms with Crippen LogP contribution >= 0.6 is 0 Å². The van der Waals surface area contributed by atoms with Crippen molar-refractivity contribution < 1.29 is 18.7 Å². The Morgan fingerprint density at radius 3 is 2.52 bits per heavy atom. The third kappa shape index (κ3) is 3.46. The number of aromatic carboxylic acids is 1. The molecule has 5 nitrogen and oxygen atoms in total. The van der Waals surface area contributed by atoms with Crippen molar-refractivity contribution in [2.24, 2.45) is 0 Å². The molecule has 1 aliphatic rings. The van der Waals surface area contributed by atoms with Crippen LogP contribution in [-0.2, 0) is 0 Å². The molecule has 4 aromatic rings. The topological polar surface area (TPSA) is 68.0 Å². The number of carboxylic acid groups (broad SMARTS) is 1. The zero-order chi connectivity index (χ0) is 21.5. The van der Waals surface area contributed by atoms with E-state index in [1.165, 1.54) is 16.8 Å².